The fourth-order valence-corrected chi connectivity index (χ4v) is 4.52. The third kappa shape index (κ3) is 2.57. The largest absolute Gasteiger partial charge is 0.380 e. The van der Waals surface area contributed by atoms with Crippen LogP contribution in [-0.4, -0.2) is 49.9 Å². The zero-order valence-corrected chi connectivity index (χ0v) is 16.0. The molecule has 1 amide bonds. The van der Waals surface area contributed by atoms with Gasteiger partial charge in [0.15, 0.2) is 5.82 Å². The van der Waals surface area contributed by atoms with Gasteiger partial charge in [0.05, 0.1) is 17.7 Å². The van der Waals surface area contributed by atoms with Gasteiger partial charge in [0.1, 0.15) is 5.82 Å². The van der Waals surface area contributed by atoms with Crippen molar-refractivity contribution in [2.24, 2.45) is 0 Å². The standard InChI is InChI=1S/C19H27N5O2/c1-5-22-12(2)9-15(13(22)3)19(25)24-11-14(26-4)10-16(24)18-21-20-17-7-6-8-23(17)18/h9,14,16H,5-8,10-11H2,1-4H3/t14-,16+/m1/s1. The number of carbonyl (C=O) groups is 1. The minimum atomic E-state index is -0.0727. The summed E-state index contributed by atoms with van der Waals surface area (Å²) in [5, 5.41) is 8.77. The van der Waals surface area contributed by atoms with Crippen LogP contribution < -0.4 is 0 Å². The Bertz CT molecular complexity index is 837. The monoisotopic (exact) mass is 357 g/mol. The normalized spacial score (nSPS) is 22.2. The number of ether oxygens (including phenoxy) is 1. The van der Waals surface area contributed by atoms with Gasteiger partial charge < -0.3 is 18.8 Å². The van der Waals surface area contributed by atoms with Gasteiger partial charge in [-0.2, -0.15) is 0 Å². The van der Waals surface area contributed by atoms with Crippen LogP contribution in [0.2, 0.25) is 0 Å². The lowest BCUT2D eigenvalue weighted by atomic mass is 10.1. The summed E-state index contributed by atoms with van der Waals surface area (Å²) < 4.78 is 9.97. The second-order valence-electron chi connectivity index (χ2n) is 7.33. The summed E-state index contributed by atoms with van der Waals surface area (Å²) in [7, 11) is 1.72. The first-order chi connectivity index (χ1) is 12.5. The Hall–Kier alpha value is -2.15. The van der Waals surface area contributed by atoms with Gasteiger partial charge in [-0.05, 0) is 33.3 Å². The third-order valence-corrected chi connectivity index (χ3v) is 5.91. The molecular weight excluding hydrogens is 330 g/mol. The summed E-state index contributed by atoms with van der Waals surface area (Å²) in [4.78, 5) is 15.4. The fourth-order valence-electron chi connectivity index (χ4n) is 4.52. The highest BCUT2D eigenvalue weighted by Crippen LogP contribution is 2.35. The molecule has 140 valence electrons. The molecule has 1 fully saturated rings. The summed E-state index contributed by atoms with van der Waals surface area (Å²) in [6, 6.07) is 1.93. The topological polar surface area (TPSA) is 65.2 Å². The lowest BCUT2D eigenvalue weighted by molar-refractivity contribution is 0.0681. The number of fused-ring (bicyclic) bond motifs is 1. The zero-order chi connectivity index (χ0) is 18.4. The summed E-state index contributed by atoms with van der Waals surface area (Å²) in [6.45, 7) is 8.59. The van der Waals surface area contributed by atoms with Crippen molar-refractivity contribution >= 4 is 5.91 Å². The van der Waals surface area contributed by atoms with E-state index in [0.29, 0.717) is 6.54 Å². The molecule has 0 saturated carbocycles. The second-order valence-corrected chi connectivity index (χ2v) is 7.33. The number of likely N-dealkylation sites (tertiary alicyclic amines) is 1. The van der Waals surface area contributed by atoms with E-state index in [-0.39, 0.29) is 18.1 Å². The molecule has 0 bridgehead atoms. The van der Waals surface area contributed by atoms with Crippen LogP contribution in [0.3, 0.4) is 0 Å². The van der Waals surface area contributed by atoms with E-state index in [4.69, 9.17) is 4.74 Å². The van der Waals surface area contributed by atoms with Gasteiger partial charge in [0, 0.05) is 51.0 Å². The van der Waals surface area contributed by atoms with Crippen LogP contribution >= 0.6 is 0 Å². The fraction of sp³-hybridized carbons (Fsp3) is 0.632. The number of amides is 1. The Labute approximate surface area is 154 Å². The van der Waals surface area contributed by atoms with Gasteiger partial charge in [-0.15, -0.1) is 10.2 Å². The van der Waals surface area contributed by atoms with E-state index in [1.54, 1.807) is 7.11 Å². The van der Waals surface area contributed by atoms with Crippen LogP contribution in [0.4, 0.5) is 0 Å². The number of aromatic nitrogens is 4. The molecule has 0 aromatic carbocycles. The lowest BCUT2D eigenvalue weighted by Crippen LogP contribution is -2.33. The van der Waals surface area contributed by atoms with Crippen LogP contribution in [0.1, 0.15) is 59.2 Å². The molecule has 2 atom stereocenters. The Kier molecular flexibility index (Phi) is 4.34. The van der Waals surface area contributed by atoms with Crippen molar-refractivity contribution < 1.29 is 9.53 Å². The molecule has 0 unspecified atom stereocenters. The molecule has 7 nitrogen and oxygen atoms in total. The lowest BCUT2D eigenvalue weighted by Gasteiger charge is -2.24. The van der Waals surface area contributed by atoms with Gasteiger partial charge in [0.2, 0.25) is 0 Å². The highest BCUT2D eigenvalue weighted by atomic mass is 16.5. The van der Waals surface area contributed by atoms with Crippen molar-refractivity contribution in [3.05, 3.63) is 34.7 Å². The molecule has 0 spiro atoms. The molecule has 2 aliphatic heterocycles. The Morgan fingerprint density at radius 3 is 2.85 bits per heavy atom. The van der Waals surface area contributed by atoms with Crippen LogP contribution in [0, 0.1) is 13.8 Å². The maximum Gasteiger partial charge on any atom is 0.256 e. The van der Waals surface area contributed by atoms with Crippen LogP contribution in [0.25, 0.3) is 0 Å². The molecule has 2 aromatic rings. The van der Waals surface area contributed by atoms with Crippen molar-refractivity contribution in [3.8, 4) is 0 Å². The summed E-state index contributed by atoms with van der Waals surface area (Å²) >= 11 is 0. The van der Waals surface area contributed by atoms with E-state index < -0.39 is 0 Å². The number of hydrogen-bond acceptors (Lipinski definition) is 4. The maximum absolute atomic E-state index is 13.4. The number of carbonyl (C=O) groups excluding carboxylic acids is 1. The van der Waals surface area contributed by atoms with Crippen LogP contribution in [-0.2, 0) is 24.2 Å². The van der Waals surface area contributed by atoms with E-state index >= 15 is 0 Å². The first kappa shape index (κ1) is 17.3. The minimum Gasteiger partial charge on any atom is -0.380 e. The SMILES string of the molecule is CCn1c(C)cc(C(=O)N2C[C@H](OC)C[C@H]2c2nnc3n2CCC3)c1C. The van der Waals surface area contributed by atoms with Crippen molar-refractivity contribution in [1.82, 2.24) is 24.2 Å². The number of methoxy groups -OCH3 is 1. The second kappa shape index (κ2) is 6.54. The predicted molar refractivity (Wildman–Crippen MR) is 97.1 cm³/mol. The van der Waals surface area contributed by atoms with E-state index in [1.807, 2.05) is 17.9 Å². The minimum absolute atomic E-state index is 0.0352. The van der Waals surface area contributed by atoms with E-state index in [2.05, 4.69) is 33.2 Å². The van der Waals surface area contributed by atoms with E-state index in [0.717, 1.165) is 61.0 Å². The van der Waals surface area contributed by atoms with Gasteiger partial charge in [-0.3, -0.25) is 4.79 Å². The van der Waals surface area contributed by atoms with Gasteiger partial charge in [-0.1, -0.05) is 0 Å². The van der Waals surface area contributed by atoms with Crippen molar-refractivity contribution in [1.29, 1.82) is 0 Å². The zero-order valence-electron chi connectivity index (χ0n) is 16.0. The third-order valence-electron chi connectivity index (χ3n) is 5.91. The first-order valence-corrected chi connectivity index (χ1v) is 9.47. The quantitative estimate of drug-likeness (QED) is 0.842. The molecule has 0 aliphatic carbocycles. The number of aryl methyl sites for hydroxylation is 2. The Balaban J connectivity index is 1.70. The summed E-state index contributed by atoms with van der Waals surface area (Å²) in [5.41, 5.74) is 2.93. The maximum atomic E-state index is 13.4. The van der Waals surface area contributed by atoms with Crippen molar-refractivity contribution in [2.75, 3.05) is 13.7 Å². The first-order valence-electron chi connectivity index (χ1n) is 9.47. The smallest absolute Gasteiger partial charge is 0.256 e. The highest BCUT2D eigenvalue weighted by molar-refractivity contribution is 5.96. The van der Waals surface area contributed by atoms with E-state index in [1.165, 1.54) is 0 Å². The molecule has 0 N–H and O–H groups in total. The molecular formula is C19H27N5O2. The van der Waals surface area contributed by atoms with Crippen molar-refractivity contribution in [2.45, 2.75) is 65.3 Å². The molecule has 26 heavy (non-hydrogen) atoms. The van der Waals surface area contributed by atoms with Crippen LogP contribution in [0.5, 0.6) is 0 Å². The molecule has 2 aromatic heterocycles. The average Bonchev–Trinajstić information content (AvgIpc) is 3.36. The highest BCUT2D eigenvalue weighted by Gasteiger charge is 2.41. The van der Waals surface area contributed by atoms with Gasteiger partial charge in [-0.25, -0.2) is 0 Å². The summed E-state index contributed by atoms with van der Waals surface area (Å²) in [5.74, 6) is 2.02. The molecule has 1 saturated heterocycles. The predicted octanol–water partition coefficient (Wildman–Crippen LogP) is 2.26. The van der Waals surface area contributed by atoms with Gasteiger partial charge >= 0.3 is 0 Å². The summed E-state index contributed by atoms with van der Waals surface area (Å²) in [6.07, 6.45) is 2.88. The molecule has 4 rings (SSSR count). The average molecular weight is 357 g/mol. The van der Waals surface area contributed by atoms with Crippen molar-refractivity contribution in [3.63, 3.8) is 0 Å². The number of hydrogen-bond donors (Lipinski definition) is 0. The number of nitrogens with zero attached hydrogens (tertiary/aromatic N) is 5. The Morgan fingerprint density at radius 1 is 1.35 bits per heavy atom. The molecule has 0 radical (unpaired) electrons. The molecule has 4 heterocycles. The number of rotatable bonds is 4. The Morgan fingerprint density at radius 2 is 2.15 bits per heavy atom. The molecule has 7 heteroatoms. The van der Waals surface area contributed by atoms with Crippen LogP contribution in [0.15, 0.2) is 6.07 Å². The molecule has 2 aliphatic rings. The van der Waals surface area contributed by atoms with Gasteiger partial charge in [0.25, 0.3) is 5.91 Å². The van der Waals surface area contributed by atoms with E-state index in [9.17, 15) is 4.79 Å².